The van der Waals surface area contributed by atoms with E-state index in [1.54, 1.807) is 0 Å². The van der Waals surface area contributed by atoms with Crippen LogP contribution in [0.4, 0.5) is 0 Å². The van der Waals surface area contributed by atoms with Gasteiger partial charge in [0.15, 0.2) is 0 Å². The van der Waals surface area contributed by atoms with Crippen LogP contribution in [0.3, 0.4) is 0 Å². The third-order valence-corrected chi connectivity index (χ3v) is 2.30. The van der Waals surface area contributed by atoms with Gasteiger partial charge in [0.05, 0.1) is 5.92 Å². The number of amides is 1. The van der Waals surface area contributed by atoms with Gasteiger partial charge in [0.2, 0.25) is 5.91 Å². The van der Waals surface area contributed by atoms with Gasteiger partial charge >= 0.3 is 0 Å². The lowest BCUT2D eigenvalue weighted by Gasteiger charge is -2.23. The van der Waals surface area contributed by atoms with E-state index in [0.717, 1.165) is 5.57 Å². The summed E-state index contributed by atoms with van der Waals surface area (Å²) in [6.07, 6.45) is 4.11. The topological polar surface area (TPSA) is 43.1 Å². The number of nitrogens with two attached hydrogens (primary N) is 1. The molecule has 0 fully saturated rings. The molecular formula is C10H15NO. The van der Waals surface area contributed by atoms with Crippen LogP contribution in [-0.4, -0.2) is 5.91 Å². The SMILES string of the molecule is CC1=CC(C)C(C(N)=O)C(C)=C1. The molecule has 0 aliphatic heterocycles. The second kappa shape index (κ2) is 3.13. The second-order valence-electron chi connectivity index (χ2n) is 3.54. The van der Waals surface area contributed by atoms with Crippen molar-refractivity contribution in [3.63, 3.8) is 0 Å². The molecule has 0 aromatic heterocycles. The minimum atomic E-state index is -0.222. The molecule has 1 aliphatic rings. The molecule has 2 unspecified atom stereocenters. The maximum absolute atomic E-state index is 11.0. The van der Waals surface area contributed by atoms with Gasteiger partial charge < -0.3 is 5.73 Å². The average molecular weight is 165 g/mol. The zero-order valence-corrected chi connectivity index (χ0v) is 7.79. The molecule has 1 rings (SSSR count). The standard InChI is InChI=1S/C10H15NO/c1-6-4-7(2)9(10(11)12)8(3)5-6/h4-5,7,9H,1-3H3,(H2,11,12). The first-order valence-electron chi connectivity index (χ1n) is 4.18. The minimum Gasteiger partial charge on any atom is -0.369 e. The fraction of sp³-hybridized carbons (Fsp3) is 0.500. The highest BCUT2D eigenvalue weighted by Gasteiger charge is 2.25. The minimum absolute atomic E-state index is 0.103. The Labute approximate surface area is 73.1 Å². The van der Waals surface area contributed by atoms with E-state index in [4.69, 9.17) is 5.73 Å². The first-order chi connectivity index (χ1) is 5.52. The van der Waals surface area contributed by atoms with Crippen molar-refractivity contribution in [1.29, 1.82) is 0 Å². The molecule has 0 spiro atoms. The van der Waals surface area contributed by atoms with Crippen molar-refractivity contribution in [2.75, 3.05) is 0 Å². The molecule has 0 saturated carbocycles. The third kappa shape index (κ3) is 1.58. The fourth-order valence-corrected chi connectivity index (χ4v) is 1.91. The molecule has 2 atom stereocenters. The van der Waals surface area contributed by atoms with Crippen LogP contribution in [0, 0.1) is 11.8 Å². The van der Waals surface area contributed by atoms with Gasteiger partial charge in [0.1, 0.15) is 0 Å². The predicted molar refractivity (Wildman–Crippen MR) is 49.4 cm³/mol. The van der Waals surface area contributed by atoms with Crippen molar-refractivity contribution in [3.05, 3.63) is 23.3 Å². The molecule has 1 aliphatic carbocycles. The normalized spacial score (nSPS) is 29.2. The highest BCUT2D eigenvalue weighted by atomic mass is 16.1. The van der Waals surface area contributed by atoms with Gasteiger partial charge in [0.25, 0.3) is 0 Å². The summed E-state index contributed by atoms with van der Waals surface area (Å²) in [5.41, 5.74) is 7.58. The van der Waals surface area contributed by atoms with Gasteiger partial charge in [-0.3, -0.25) is 4.79 Å². The molecule has 2 nitrogen and oxygen atoms in total. The second-order valence-corrected chi connectivity index (χ2v) is 3.54. The van der Waals surface area contributed by atoms with Gasteiger partial charge in [-0.1, -0.05) is 30.2 Å². The van der Waals surface area contributed by atoms with E-state index in [9.17, 15) is 4.79 Å². The van der Waals surface area contributed by atoms with Gasteiger partial charge in [-0.25, -0.2) is 0 Å². The molecule has 0 saturated heterocycles. The van der Waals surface area contributed by atoms with Crippen molar-refractivity contribution >= 4 is 5.91 Å². The molecule has 66 valence electrons. The third-order valence-electron chi connectivity index (χ3n) is 2.30. The average Bonchev–Trinajstić information content (AvgIpc) is 1.82. The largest absolute Gasteiger partial charge is 0.369 e. The Morgan fingerprint density at radius 3 is 2.50 bits per heavy atom. The summed E-state index contributed by atoms with van der Waals surface area (Å²) in [5.74, 6) is -0.0822. The quantitative estimate of drug-likeness (QED) is 0.630. The van der Waals surface area contributed by atoms with E-state index in [-0.39, 0.29) is 17.7 Å². The number of hydrogen-bond acceptors (Lipinski definition) is 1. The van der Waals surface area contributed by atoms with Crippen molar-refractivity contribution < 1.29 is 4.79 Å². The molecule has 1 amide bonds. The maximum Gasteiger partial charge on any atom is 0.225 e. The Kier molecular flexibility index (Phi) is 2.36. The summed E-state index contributed by atoms with van der Waals surface area (Å²) >= 11 is 0. The van der Waals surface area contributed by atoms with Crippen LogP contribution in [-0.2, 0) is 4.79 Å². The number of rotatable bonds is 1. The van der Waals surface area contributed by atoms with Gasteiger partial charge in [-0.15, -0.1) is 0 Å². The Balaban J connectivity index is 2.94. The molecule has 0 bridgehead atoms. The molecule has 2 N–H and O–H groups in total. The van der Waals surface area contributed by atoms with Crippen LogP contribution in [0.2, 0.25) is 0 Å². The molecular weight excluding hydrogens is 150 g/mol. The van der Waals surface area contributed by atoms with Crippen LogP contribution in [0.25, 0.3) is 0 Å². The van der Waals surface area contributed by atoms with Gasteiger partial charge in [-0.2, -0.15) is 0 Å². The van der Waals surface area contributed by atoms with E-state index in [1.165, 1.54) is 5.57 Å². The molecule has 0 heterocycles. The lowest BCUT2D eigenvalue weighted by Crippen LogP contribution is -2.30. The van der Waals surface area contributed by atoms with Crippen molar-refractivity contribution in [2.45, 2.75) is 20.8 Å². The lowest BCUT2D eigenvalue weighted by molar-refractivity contribution is -0.121. The van der Waals surface area contributed by atoms with Crippen LogP contribution in [0.5, 0.6) is 0 Å². The van der Waals surface area contributed by atoms with Crippen molar-refractivity contribution in [1.82, 2.24) is 0 Å². The molecule has 0 aromatic rings. The Hall–Kier alpha value is -1.05. The van der Waals surface area contributed by atoms with Gasteiger partial charge in [-0.05, 0) is 19.8 Å². The summed E-state index contributed by atoms with van der Waals surface area (Å²) < 4.78 is 0. The molecule has 0 radical (unpaired) electrons. The smallest absolute Gasteiger partial charge is 0.225 e. The number of carbonyl (C=O) groups excluding carboxylic acids is 1. The summed E-state index contributed by atoms with van der Waals surface area (Å²) in [7, 11) is 0. The summed E-state index contributed by atoms with van der Waals surface area (Å²) in [5, 5.41) is 0. The van der Waals surface area contributed by atoms with E-state index in [0.29, 0.717) is 0 Å². The number of hydrogen-bond donors (Lipinski definition) is 1. The highest BCUT2D eigenvalue weighted by Crippen LogP contribution is 2.28. The van der Waals surface area contributed by atoms with E-state index >= 15 is 0 Å². The van der Waals surface area contributed by atoms with Crippen LogP contribution < -0.4 is 5.73 Å². The Morgan fingerprint density at radius 1 is 1.50 bits per heavy atom. The molecule has 0 aromatic carbocycles. The zero-order chi connectivity index (χ0) is 9.30. The maximum atomic E-state index is 11.0. The predicted octanol–water partition coefficient (Wildman–Crippen LogP) is 1.63. The van der Waals surface area contributed by atoms with Crippen LogP contribution in [0.1, 0.15) is 20.8 Å². The molecule has 12 heavy (non-hydrogen) atoms. The monoisotopic (exact) mass is 165 g/mol. The first kappa shape index (κ1) is 9.04. The first-order valence-corrected chi connectivity index (χ1v) is 4.18. The Bertz CT molecular complexity index is 263. The summed E-state index contributed by atoms with van der Waals surface area (Å²) in [6.45, 7) is 6.02. The lowest BCUT2D eigenvalue weighted by atomic mass is 9.81. The number of carbonyl (C=O) groups is 1. The van der Waals surface area contributed by atoms with E-state index < -0.39 is 0 Å². The van der Waals surface area contributed by atoms with Crippen molar-refractivity contribution in [2.24, 2.45) is 17.6 Å². The van der Waals surface area contributed by atoms with Crippen LogP contribution in [0.15, 0.2) is 23.3 Å². The van der Waals surface area contributed by atoms with E-state index in [1.807, 2.05) is 26.8 Å². The fourth-order valence-electron chi connectivity index (χ4n) is 1.91. The van der Waals surface area contributed by atoms with Gasteiger partial charge in [0, 0.05) is 0 Å². The molecule has 2 heteroatoms. The zero-order valence-electron chi connectivity index (χ0n) is 7.79. The summed E-state index contributed by atoms with van der Waals surface area (Å²) in [4.78, 5) is 11.0. The van der Waals surface area contributed by atoms with Crippen molar-refractivity contribution in [3.8, 4) is 0 Å². The summed E-state index contributed by atoms with van der Waals surface area (Å²) in [6, 6.07) is 0. The number of primary amides is 1. The van der Waals surface area contributed by atoms with Crippen LogP contribution >= 0.6 is 0 Å². The van der Waals surface area contributed by atoms with E-state index in [2.05, 4.69) is 6.08 Å². The number of allylic oxidation sites excluding steroid dienone is 3. The Morgan fingerprint density at radius 2 is 2.08 bits per heavy atom. The highest BCUT2D eigenvalue weighted by molar-refractivity contribution is 5.80.